The molecular formula is C11H12N4O4. The average Bonchev–Trinajstić information content (AvgIpc) is 2.90. The summed E-state index contributed by atoms with van der Waals surface area (Å²) in [5, 5.41) is 17.5. The number of nitro groups is 1. The van der Waals surface area contributed by atoms with Crippen LogP contribution in [-0.2, 0) is 13.2 Å². The van der Waals surface area contributed by atoms with Crippen LogP contribution in [0.25, 0.3) is 0 Å². The topological polar surface area (TPSA) is 103 Å². The minimum Gasteiger partial charge on any atom is -0.478 e. The number of nitrogens with one attached hydrogen (secondary N) is 1. The van der Waals surface area contributed by atoms with Crippen molar-refractivity contribution < 1.29 is 14.2 Å². The maximum Gasteiger partial charge on any atom is 0.311 e. The van der Waals surface area contributed by atoms with Gasteiger partial charge >= 0.3 is 5.69 Å². The first-order valence-corrected chi connectivity index (χ1v) is 5.50. The molecule has 0 aliphatic carbocycles. The molecule has 0 saturated heterocycles. The molecule has 0 fully saturated rings. The van der Waals surface area contributed by atoms with Gasteiger partial charge < -0.3 is 14.6 Å². The van der Waals surface area contributed by atoms with Crippen molar-refractivity contribution in [3.63, 3.8) is 0 Å². The summed E-state index contributed by atoms with van der Waals surface area (Å²) in [7, 11) is 1.77. The van der Waals surface area contributed by atoms with Crippen molar-refractivity contribution in [2.24, 2.45) is 0 Å². The number of ether oxygens (including phenoxy) is 1. The van der Waals surface area contributed by atoms with Crippen LogP contribution in [0.15, 0.2) is 29.1 Å². The van der Waals surface area contributed by atoms with E-state index >= 15 is 0 Å². The van der Waals surface area contributed by atoms with Crippen LogP contribution in [0.3, 0.4) is 0 Å². The Labute approximate surface area is 108 Å². The van der Waals surface area contributed by atoms with Crippen LogP contribution >= 0.6 is 0 Å². The summed E-state index contributed by atoms with van der Waals surface area (Å²) in [5.74, 6) is 0.503. The van der Waals surface area contributed by atoms with E-state index in [-0.39, 0.29) is 18.0 Å². The second-order valence-electron chi connectivity index (χ2n) is 3.73. The predicted octanol–water partition coefficient (Wildman–Crippen LogP) is 1.28. The number of aromatic nitrogens is 2. The Morgan fingerprint density at radius 2 is 2.37 bits per heavy atom. The number of rotatable bonds is 6. The lowest BCUT2D eigenvalue weighted by Crippen LogP contribution is -2.06. The molecule has 1 heterocycles. The zero-order valence-corrected chi connectivity index (χ0v) is 10.2. The van der Waals surface area contributed by atoms with Gasteiger partial charge in [0.2, 0.25) is 12.2 Å². The highest BCUT2D eigenvalue weighted by Gasteiger charge is 2.16. The summed E-state index contributed by atoms with van der Waals surface area (Å²) >= 11 is 0. The molecule has 100 valence electrons. The van der Waals surface area contributed by atoms with Gasteiger partial charge in [-0.15, -0.1) is 0 Å². The molecule has 0 aliphatic rings. The van der Waals surface area contributed by atoms with E-state index in [4.69, 9.17) is 4.74 Å². The minimum atomic E-state index is -0.481. The van der Waals surface area contributed by atoms with Gasteiger partial charge in [0.25, 0.3) is 0 Å². The lowest BCUT2D eigenvalue weighted by atomic mass is 10.2. The molecule has 1 aromatic carbocycles. The fourth-order valence-electron chi connectivity index (χ4n) is 1.54. The SMILES string of the molecule is CNCc1ccc(OCc2ncon2)c([N+](=O)[O-])c1. The normalized spacial score (nSPS) is 10.4. The molecule has 8 heteroatoms. The molecule has 8 nitrogen and oxygen atoms in total. The third-order valence-electron chi connectivity index (χ3n) is 2.36. The maximum absolute atomic E-state index is 11.0. The first-order chi connectivity index (χ1) is 9.20. The van der Waals surface area contributed by atoms with Gasteiger partial charge in [-0.2, -0.15) is 4.98 Å². The lowest BCUT2D eigenvalue weighted by Gasteiger charge is -2.06. The first kappa shape index (κ1) is 13.0. The number of benzene rings is 1. The molecule has 0 aliphatic heterocycles. The Morgan fingerprint density at radius 3 is 3.00 bits per heavy atom. The fourth-order valence-corrected chi connectivity index (χ4v) is 1.54. The Kier molecular flexibility index (Phi) is 4.04. The lowest BCUT2D eigenvalue weighted by molar-refractivity contribution is -0.386. The van der Waals surface area contributed by atoms with Gasteiger partial charge in [-0.1, -0.05) is 11.2 Å². The molecule has 0 unspecified atom stereocenters. The molecule has 1 aromatic heterocycles. The third-order valence-corrected chi connectivity index (χ3v) is 2.36. The minimum absolute atomic E-state index is 0.0166. The number of nitro benzene ring substituents is 1. The van der Waals surface area contributed by atoms with Crippen LogP contribution in [0.5, 0.6) is 5.75 Å². The van der Waals surface area contributed by atoms with Gasteiger partial charge in [0.05, 0.1) is 4.92 Å². The highest BCUT2D eigenvalue weighted by Crippen LogP contribution is 2.28. The van der Waals surface area contributed by atoms with E-state index in [0.29, 0.717) is 12.4 Å². The number of hydrogen-bond acceptors (Lipinski definition) is 7. The van der Waals surface area contributed by atoms with Crippen LogP contribution in [0.4, 0.5) is 5.69 Å². The second-order valence-corrected chi connectivity index (χ2v) is 3.73. The fraction of sp³-hybridized carbons (Fsp3) is 0.273. The quantitative estimate of drug-likeness (QED) is 0.619. The molecule has 0 bridgehead atoms. The van der Waals surface area contributed by atoms with Crippen molar-refractivity contribution >= 4 is 5.69 Å². The largest absolute Gasteiger partial charge is 0.478 e. The Bertz CT molecular complexity index is 556. The van der Waals surface area contributed by atoms with Crippen LogP contribution in [0.2, 0.25) is 0 Å². The van der Waals surface area contributed by atoms with Crippen LogP contribution in [-0.4, -0.2) is 22.1 Å². The first-order valence-electron chi connectivity index (χ1n) is 5.50. The van der Waals surface area contributed by atoms with Gasteiger partial charge in [-0.05, 0) is 18.7 Å². The van der Waals surface area contributed by atoms with Crippen LogP contribution in [0, 0.1) is 10.1 Å². The van der Waals surface area contributed by atoms with Crippen molar-refractivity contribution in [2.45, 2.75) is 13.2 Å². The molecule has 0 saturated carbocycles. The van der Waals surface area contributed by atoms with Crippen LogP contribution in [0.1, 0.15) is 11.4 Å². The van der Waals surface area contributed by atoms with E-state index in [2.05, 4.69) is 20.0 Å². The molecule has 0 atom stereocenters. The summed E-state index contributed by atoms with van der Waals surface area (Å²) in [6.07, 6.45) is 1.17. The molecule has 0 spiro atoms. The molecule has 0 amide bonds. The predicted molar refractivity (Wildman–Crippen MR) is 64.5 cm³/mol. The van der Waals surface area contributed by atoms with E-state index in [1.165, 1.54) is 12.5 Å². The zero-order valence-electron chi connectivity index (χ0n) is 10.2. The van der Waals surface area contributed by atoms with E-state index < -0.39 is 4.92 Å². The number of hydrogen-bond donors (Lipinski definition) is 1. The maximum atomic E-state index is 11.0. The molecular weight excluding hydrogens is 252 g/mol. The smallest absolute Gasteiger partial charge is 0.311 e. The van der Waals surface area contributed by atoms with Crippen molar-refractivity contribution in [3.05, 3.63) is 46.1 Å². The molecule has 0 radical (unpaired) electrons. The van der Waals surface area contributed by atoms with Crippen molar-refractivity contribution in [2.75, 3.05) is 7.05 Å². The molecule has 1 N–H and O–H groups in total. The Hall–Kier alpha value is -2.48. The summed E-state index contributed by atoms with van der Waals surface area (Å²) in [4.78, 5) is 14.3. The summed E-state index contributed by atoms with van der Waals surface area (Å²) < 4.78 is 9.88. The highest BCUT2D eigenvalue weighted by molar-refractivity contribution is 5.48. The second kappa shape index (κ2) is 5.91. The van der Waals surface area contributed by atoms with Crippen molar-refractivity contribution in [1.29, 1.82) is 0 Å². The third kappa shape index (κ3) is 3.26. The standard InChI is InChI=1S/C11H12N4O4/c1-12-5-8-2-3-10(9(4-8)15(16)17)18-6-11-13-7-19-14-11/h2-4,7,12H,5-6H2,1H3. The summed E-state index contributed by atoms with van der Waals surface area (Å²) in [5.41, 5.74) is 0.720. The van der Waals surface area contributed by atoms with Crippen LogP contribution < -0.4 is 10.1 Å². The Balaban J connectivity index is 2.16. The molecule has 19 heavy (non-hydrogen) atoms. The van der Waals surface area contributed by atoms with Gasteiger partial charge in [-0.3, -0.25) is 10.1 Å². The summed E-state index contributed by atoms with van der Waals surface area (Å²) in [6, 6.07) is 4.79. The zero-order chi connectivity index (χ0) is 13.7. The van der Waals surface area contributed by atoms with E-state index in [1.807, 2.05) is 0 Å². The highest BCUT2D eigenvalue weighted by atomic mass is 16.6. The van der Waals surface area contributed by atoms with Gasteiger partial charge in [0.15, 0.2) is 12.4 Å². The Morgan fingerprint density at radius 1 is 1.53 bits per heavy atom. The van der Waals surface area contributed by atoms with Gasteiger partial charge in [0, 0.05) is 12.6 Å². The van der Waals surface area contributed by atoms with E-state index in [9.17, 15) is 10.1 Å². The van der Waals surface area contributed by atoms with E-state index in [0.717, 1.165) is 5.56 Å². The van der Waals surface area contributed by atoms with Gasteiger partial charge in [-0.25, -0.2) is 0 Å². The van der Waals surface area contributed by atoms with Gasteiger partial charge in [0.1, 0.15) is 0 Å². The monoisotopic (exact) mass is 264 g/mol. The summed E-state index contributed by atoms with van der Waals surface area (Å²) in [6.45, 7) is 0.564. The van der Waals surface area contributed by atoms with Crippen molar-refractivity contribution in [1.82, 2.24) is 15.5 Å². The van der Waals surface area contributed by atoms with Crippen molar-refractivity contribution in [3.8, 4) is 5.75 Å². The molecule has 2 rings (SSSR count). The number of nitrogens with zero attached hydrogens (tertiary/aromatic N) is 3. The van der Waals surface area contributed by atoms with E-state index in [1.54, 1.807) is 19.2 Å². The average molecular weight is 264 g/mol. The molecule has 2 aromatic rings.